The van der Waals surface area contributed by atoms with Crippen LogP contribution >= 0.6 is 0 Å². The summed E-state index contributed by atoms with van der Waals surface area (Å²) < 4.78 is 29.4. The third-order valence-corrected chi connectivity index (χ3v) is 4.75. The Morgan fingerprint density at radius 3 is 1.86 bits per heavy atom. The average molecular weight is 408 g/mol. The normalized spacial score (nSPS) is 12.2. The highest BCUT2D eigenvalue weighted by Crippen LogP contribution is 2.38. The Morgan fingerprint density at radius 1 is 0.750 bits per heavy atom. The number of nitrogens with zero attached hydrogens (tertiary/aromatic N) is 1. The zero-order chi connectivity index (χ0) is 19.4. The van der Waals surface area contributed by atoms with Crippen molar-refractivity contribution in [2.24, 2.45) is 0 Å². The van der Waals surface area contributed by atoms with Gasteiger partial charge in [0, 0.05) is 17.5 Å². The smallest absolute Gasteiger partial charge is 0.203 e. The summed E-state index contributed by atoms with van der Waals surface area (Å²) in [6, 6.07) is 8.05. The number of benzene rings is 2. The van der Waals surface area contributed by atoms with Gasteiger partial charge in [-0.1, -0.05) is 0 Å². The molecule has 0 saturated carbocycles. The van der Waals surface area contributed by atoms with Crippen LogP contribution in [0, 0.1) is 0 Å². The number of fused-ring (bicyclic) bond motifs is 1. The number of hydrogen-bond acceptors (Lipinski definition) is 5. The van der Waals surface area contributed by atoms with E-state index < -0.39 is 0 Å². The number of methoxy groups -OCH3 is 5. The molecule has 28 heavy (non-hydrogen) atoms. The Bertz CT molecular complexity index is 841. The fourth-order valence-electron chi connectivity index (χ4n) is 3.38. The summed E-state index contributed by atoms with van der Waals surface area (Å²) in [5, 5.41) is 0. The van der Waals surface area contributed by atoms with Crippen molar-refractivity contribution < 1.29 is 40.7 Å². The van der Waals surface area contributed by atoms with Gasteiger partial charge in [0.25, 0.3) is 0 Å². The van der Waals surface area contributed by atoms with E-state index in [2.05, 4.69) is 16.9 Å². The molecule has 0 N–H and O–H groups in total. The maximum absolute atomic E-state index is 5.46. The lowest BCUT2D eigenvalue weighted by molar-refractivity contribution is -0.540. The largest absolute Gasteiger partial charge is 1.00 e. The van der Waals surface area contributed by atoms with Crippen LogP contribution in [0.25, 0.3) is 0 Å². The summed E-state index contributed by atoms with van der Waals surface area (Å²) in [5.74, 6) is 3.43. The molecule has 3 rings (SSSR count). The van der Waals surface area contributed by atoms with Crippen LogP contribution in [0.2, 0.25) is 0 Å². The molecule has 0 spiro atoms. The van der Waals surface area contributed by atoms with Gasteiger partial charge in [-0.15, -0.1) is 0 Å². The quantitative estimate of drug-likeness (QED) is 0.601. The second-order valence-corrected chi connectivity index (χ2v) is 6.29. The molecular weight excluding hydrogens is 382 g/mol. The molecule has 0 bridgehead atoms. The van der Waals surface area contributed by atoms with Crippen molar-refractivity contribution in [1.82, 2.24) is 0 Å². The Morgan fingerprint density at radius 2 is 1.32 bits per heavy atom. The van der Waals surface area contributed by atoms with Gasteiger partial charge in [0.2, 0.25) is 5.75 Å². The Labute approximate surface area is 172 Å². The van der Waals surface area contributed by atoms with Gasteiger partial charge in [-0.3, -0.25) is 0 Å². The van der Waals surface area contributed by atoms with Crippen molar-refractivity contribution in [2.45, 2.75) is 13.0 Å². The average Bonchev–Trinajstić information content (AvgIpc) is 2.71. The van der Waals surface area contributed by atoms with E-state index in [1.807, 2.05) is 18.2 Å². The summed E-state index contributed by atoms with van der Waals surface area (Å²) in [5.41, 5.74) is 3.49. The second kappa shape index (κ2) is 9.55. The highest BCUT2D eigenvalue weighted by Gasteiger charge is 2.21. The van der Waals surface area contributed by atoms with Gasteiger partial charge in [0.1, 0.15) is 6.54 Å². The van der Waals surface area contributed by atoms with Crippen LogP contribution < -0.4 is 36.1 Å². The number of halogens is 1. The van der Waals surface area contributed by atoms with Crippen LogP contribution in [-0.4, -0.2) is 52.9 Å². The van der Waals surface area contributed by atoms with Gasteiger partial charge in [0.05, 0.1) is 35.5 Å². The first kappa shape index (κ1) is 21.7. The van der Waals surface area contributed by atoms with E-state index in [-0.39, 0.29) is 12.4 Å². The predicted molar refractivity (Wildman–Crippen MR) is 103 cm³/mol. The zero-order valence-electron chi connectivity index (χ0n) is 16.9. The molecule has 2 aromatic carbocycles. The molecule has 7 heteroatoms. The maximum Gasteiger partial charge on any atom is 0.203 e. The molecule has 0 unspecified atom stereocenters. The molecule has 6 nitrogen and oxygen atoms in total. The van der Waals surface area contributed by atoms with Gasteiger partial charge >= 0.3 is 0 Å². The van der Waals surface area contributed by atoms with Crippen molar-refractivity contribution in [1.29, 1.82) is 0 Å². The molecule has 0 aliphatic carbocycles. The minimum Gasteiger partial charge on any atom is -1.00 e. The van der Waals surface area contributed by atoms with Crippen LogP contribution in [0.5, 0.6) is 28.7 Å². The molecule has 0 fully saturated rings. The van der Waals surface area contributed by atoms with Crippen molar-refractivity contribution in [3.63, 3.8) is 0 Å². The van der Waals surface area contributed by atoms with Crippen LogP contribution in [0.4, 0.5) is 0 Å². The van der Waals surface area contributed by atoms with Crippen LogP contribution in [0.3, 0.4) is 0 Å². The predicted octanol–water partition coefficient (Wildman–Crippen LogP) is -0.0787. The van der Waals surface area contributed by atoms with E-state index in [9.17, 15) is 0 Å². The summed E-state index contributed by atoms with van der Waals surface area (Å²) in [6.07, 6.45) is 3.10. The minimum absolute atomic E-state index is 0. The molecule has 1 heterocycles. The second-order valence-electron chi connectivity index (χ2n) is 6.29. The molecule has 0 aromatic heterocycles. The highest BCUT2D eigenvalue weighted by atomic mass is 35.5. The van der Waals surface area contributed by atoms with E-state index in [4.69, 9.17) is 23.7 Å². The standard InChI is InChI=1S/C21H26NO5.ClH/c1-23-17-10-15-6-7-22(13-16(15)11-18(17)24-2)12-14-8-19(25-3)21(27-5)20(9-14)26-4;/h8-11,13H,6-7,12H2,1-5H3;1H/q+1;/p-1. The van der Waals surface area contributed by atoms with Crippen molar-refractivity contribution in [3.05, 3.63) is 41.0 Å². The molecule has 0 atom stereocenters. The fourth-order valence-corrected chi connectivity index (χ4v) is 3.38. The molecular formula is C21H26ClNO5. The van der Waals surface area contributed by atoms with Crippen molar-refractivity contribution in [3.8, 4) is 28.7 Å². The van der Waals surface area contributed by atoms with Crippen molar-refractivity contribution in [2.75, 3.05) is 42.1 Å². The highest BCUT2D eigenvalue weighted by molar-refractivity contribution is 5.80. The molecule has 0 radical (unpaired) electrons. The van der Waals surface area contributed by atoms with E-state index in [1.54, 1.807) is 35.5 Å². The van der Waals surface area contributed by atoms with Crippen molar-refractivity contribution >= 4 is 6.21 Å². The fraction of sp³-hybridized carbons (Fsp3) is 0.381. The topological polar surface area (TPSA) is 49.2 Å². The number of hydrogen-bond donors (Lipinski definition) is 0. The van der Waals surface area contributed by atoms with Crippen LogP contribution in [0.1, 0.15) is 16.7 Å². The SMILES string of the molecule is COc1cc2c(cc1OC)CC[N+](Cc1cc(OC)c(OC)c(OC)c1)=C2.[Cl-]. The van der Waals surface area contributed by atoms with E-state index in [0.29, 0.717) is 17.2 Å². The molecule has 152 valence electrons. The Hall–Kier alpha value is -2.60. The van der Waals surface area contributed by atoms with Gasteiger partial charge in [-0.2, -0.15) is 0 Å². The maximum atomic E-state index is 5.46. The van der Waals surface area contributed by atoms with Crippen LogP contribution in [0.15, 0.2) is 24.3 Å². The molecule has 1 aliphatic rings. The summed E-state index contributed by atoms with van der Waals surface area (Å²) in [4.78, 5) is 0. The third kappa shape index (κ3) is 4.28. The van der Waals surface area contributed by atoms with E-state index in [0.717, 1.165) is 42.1 Å². The molecule has 1 aliphatic heterocycles. The summed E-state index contributed by atoms with van der Waals surface area (Å²) >= 11 is 0. The molecule has 2 aromatic rings. The lowest BCUT2D eigenvalue weighted by Gasteiger charge is -2.17. The summed E-state index contributed by atoms with van der Waals surface area (Å²) in [7, 11) is 8.18. The van der Waals surface area contributed by atoms with Crippen LogP contribution in [-0.2, 0) is 13.0 Å². The Balaban J connectivity index is 0.00000280. The minimum atomic E-state index is 0. The lowest BCUT2D eigenvalue weighted by Crippen LogP contribution is -3.00. The van der Waals surface area contributed by atoms with E-state index >= 15 is 0 Å². The lowest BCUT2D eigenvalue weighted by atomic mass is 10.0. The monoisotopic (exact) mass is 407 g/mol. The summed E-state index contributed by atoms with van der Waals surface area (Å²) in [6.45, 7) is 1.66. The zero-order valence-corrected chi connectivity index (χ0v) is 17.6. The first-order valence-corrected chi connectivity index (χ1v) is 8.76. The van der Waals surface area contributed by atoms with Gasteiger partial charge < -0.3 is 36.1 Å². The van der Waals surface area contributed by atoms with Gasteiger partial charge in [0.15, 0.2) is 35.8 Å². The first-order chi connectivity index (χ1) is 13.1. The first-order valence-electron chi connectivity index (χ1n) is 8.76. The Kier molecular flexibility index (Phi) is 7.40. The third-order valence-electron chi connectivity index (χ3n) is 4.75. The number of rotatable bonds is 7. The number of ether oxygens (including phenoxy) is 5. The molecule has 0 amide bonds. The van der Waals surface area contributed by atoms with Gasteiger partial charge in [-0.25, -0.2) is 4.58 Å². The van der Waals surface area contributed by atoms with E-state index in [1.165, 1.54) is 5.56 Å². The van der Waals surface area contributed by atoms with Gasteiger partial charge in [-0.05, 0) is 29.8 Å². The molecule has 0 saturated heterocycles.